The van der Waals surface area contributed by atoms with Gasteiger partial charge in [0.15, 0.2) is 5.78 Å². The van der Waals surface area contributed by atoms with Crippen molar-refractivity contribution in [2.45, 2.75) is 62.8 Å². The summed E-state index contributed by atoms with van der Waals surface area (Å²) in [6.45, 7) is 3.25. The first-order valence-corrected chi connectivity index (χ1v) is 11.3. The van der Waals surface area contributed by atoms with Gasteiger partial charge < -0.3 is 4.90 Å². The van der Waals surface area contributed by atoms with Gasteiger partial charge in [0.25, 0.3) is 0 Å². The van der Waals surface area contributed by atoms with E-state index in [-0.39, 0.29) is 16.6 Å². The zero-order chi connectivity index (χ0) is 19.4. The number of sulfonamides is 1. The molecule has 2 aliphatic heterocycles. The number of piperidine rings is 1. The normalized spacial score (nSPS) is 22.3. The standard InChI is InChI=1S/C20H28N2O4S/c1-16(23)17-9-11-18(12-10-17)27(25,26)22-15-7-4-8-19(22)20(24)21-13-5-2-3-6-14-21/h9-12,19H,2-8,13-15H2,1H3. The number of carbonyl (C=O) groups is 2. The molecule has 1 unspecified atom stereocenters. The summed E-state index contributed by atoms with van der Waals surface area (Å²) < 4.78 is 27.8. The van der Waals surface area contributed by atoms with Crippen LogP contribution in [0, 0.1) is 0 Å². The van der Waals surface area contributed by atoms with Crippen LogP contribution < -0.4 is 0 Å². The van der Waals surface area contributed by atoms with Crippen molar-refractivity contribution in [3.05, 3.63) is 29.8 Å². The molecule has 0 saturated carbocycles. The minimum atomic E-state index is -3.77. The van der Waals surface area contributed by atoms with Crippen molar-refractivity contribution in [1.29, 1.82) is 0 Å². The average molecular weight is 393 g/mol. The van der Waals surface area contributed by atoms with Gasteiger partial charge in [0, 0.05) is 25.2 Å². The molecule has 6 nitrogen and oxygen atoms in total. The molecule has 2 aliphatic rings. The molecule has 0 radical (unpaired) electrons. The molecular formula is C20H28N2O4S. The van der Waals surface area contributed by atoms with Crippen LogP contribution in [0.3, 0.4) is 0 Å². The van der Waals surface area contributed by atoms with Crippen molar-refractivity contribution >= 4 is 21.7 Å². The van der Waals surface area contributed by atoms with Crippen molar-refractivity contribution in [3.63, 3.8) is 0 Å². The van der Waals surface area contributed by atoms with Gasteiger partial charge in [-0.3, -0.25) is 9.59 Å². The van der Waals surface area contributed by atoms with Gasteiger partial charge in [-0.1, -0.05) is 31.4 Å². The van der Waals surface area contributed by atoms with Gasteiger partial charge >= 0.3 is 0 Å². The number of carbonyl (C=O) groups excluding carboxylic acids is 2. The fraction of sp³-hybridized carbons (Fsp3) is 0.600. The van der Waals surface area contributed by atoms with E-state index in [0.717, 1.165) is 51.6 Å². The van der Waals surface area contributed by atoms with Crippen molar-refractivity contribution in [2.75, 3.05) is 19.6 Å². The molecule has 2 heterocycles. The monoisotopic (exact) mass is 392 g/mol. The number of nitrogens with zero attached hydrogens (tertiary/aromatic N) is 2. The maximum atomic E-state index is 13.2. The Morgan fingerprint density at radius 2 is 1.48 bits per heavy atom. The first kappa shape index (κ1) is 20.0. The maximum Gasteiger partial charge on any atom is 0.243 e. The van der Waals surface area contributed by atoms with E-state index in [1.54, 1.807) is 0 Å². The molecule has 1 amide bonds. The van der Waals surface area contributed by atoms with Gasteiger partial charge in [-0.15, -0.1) is 0 Å². The fourth-order valence-electron chi connectivity index (χ4n) is 3.94. The van der Waals surface area contributed by atoms with Crippen molar-refractivity contribution in [2.24, 2.45) is 0 Å². The van der Waals surface area contributed by atoms with Gasteiger partial charge in [0.05, 0.1) is 4.90 Å². The second kappa shape index (κ2) is 8.52. The summed E-state index contributed by atoms with van der Waals surface area (Å²) in [5.41, 5.74) is 0.477. The lowest BCUT2D eigenvalue weighted by molar-refractivity contribution is -0.136. The highest BCUT2D eigenvalue weighted by molar-refractivity contribution is 7.89. The van der Waals surface area contributed by atoms with E-state index in [1.165, 1.54) is 35.5 Å². The molecule has 1 aromatic carbocycles. The SMILES string of the molecule is CC(=O)c1ccc(S(=O)(=O)N2CCCCC2C(=O)N2CCCCCC2)cc1. The molecule has 0 aliphatic carbocycles. The first-order valence-electron chi connectivity index (χ1n) is 9.83. The molecule has 7 heteroatoms. The van der Waals surface area contributed by atoms with E-state index < -0.39 is 16.1 Å². The van der Waals surface area contributed by atoms with Crippen molar-refractivity contribution < 1.29 is 18.0 Å². The second-order valence-corrected chi connectivity index (χ2v) is 9.34. The van der Waals surface area contributed by atoms with Crippen LogP contribution in [0.25, 0.3) is 0 Å². The third kappa shape index (κ3) is 4.41. The lowest BCUT2D eigenvalue weighted by Crippen LogP contribution is -2.53. The predicted molar refractivity (Wildman–Crippen MR) is 103 cm³/mol. The molecule has 3 rings (SSSR count). The zero-order valence-electron chi connectivity index (χ0n) is 15.9. The number of amides is 1. The van der Waals surface area contributed by atoms with Crippen LogP contribution >= 0.6 is 0 Å². The Morgan fingerprint density at radius 1 is 0.889 bits per heavy atom. The number of hydrogen-bond donors (Lipinski definition) is 0. The Morgan fingerprint density at radius 3 is 2.07 bits per heavy atom. The van der Waals surface area contributed by atoms with Crippen LogP contribution in [-0.2, 0) is 14.8 Å². The molecule has 0 N–H and O–H groups in total. The minimum Gasteiger partial charge on any atom is -0.341 e. The van der Waals surface area contributed by atoms with E-state index in [9.17, 15) is 18.0 Å². The molecule has 1 atom stereocenters. The van der Waals surface area contributed by atoms with Gasteiger partial charge in [-0.05, 0) is 44.7 Å². The van der Waals surface area contributed by atoms with Crippen LogP contribution in [0.1, 0.15) is 62.2 Å². The maximum absolute atomic E-state index is 13.2. The van der Waals surface area contributed by atoms with Gasteiger partial charge in [-0.25, -0.2) is 8.42 Å². The summed E-state index contributed by atoms with van der Waals surface area (Å²) >= 11 is 0. The highest BCUT2D eigenvalue weighted by atomic mass is 32.2. The third-order valence-corrected chi connectivity index (χ3v) is 7.45. The van der Waals surface area contributed by atoms with Crippen LogP contribution in [0.2, 0.25) is 0 Å². The molecule has 27 heavy (non-hydrogen) atoms. The van der Waals surface area contributed by atoms with Crippen molar-refractivity contribution in [3.8, 4) is 0 Å². The Balaban J connectivity index is 1.84. The Bertz CT molecular complexity index is 781. The fourth-order valence-corrected chi connectivity index (χ4v) is 5.59. The summed E-state index contributed by atoms with van der Waals surface area (Å²) in [5, 5.41) is 0. The molecule has 148 valence electrons. The largest absolute Gasteiger partial charge is 0.341 e. The number of likely N-dealkylation sites (tertiary alicyclic amines) is 1. The molecule has 0 aromatic heterocycles. The summed E-state index contributed by atoms with van der Waals surface area (Å²) in [5.74, 6) is -0.160. The number of benzene rings is 1. The average Bonchev–Trinajstić information content (AvgIpc) is 2.97. The lowest BCUT2D eigenvalue weighted by Gasteiger charge is -2.36. The second-order valence-electron chi connectivity index (χ2n) is 7.45. The molecule has 2 fully saturated rings. The highest BCUT2D eigenvalue weighted by Crippen LogP contribution is 2.27. The summed E-state index contributed by atoms with van der Waals surface area (Å²) in [7, 11) is -3.77. The number of Topliss-reactive ketones (excluding diaryl/α,β-unsaturated/α-hetero) is 1. The van der Waals surface area contributed by atoms with Gasteiger partial charge in [0.2, 0.25) is 15.9 Å². The third-order valence-electron chi connectivity index (χ3n) is 5.52. The minimum absolute atomic E-state index is 0.0551. The number of ketones is 1. The van der Waals surface area contributed by atoms with Crippen LogP contribution in [-0.4, -0.2) is 55.0 Å². The van der Waals surface area contributed by atoms with Crippen LogP contribution in [0.5, 0.6) is 0 Å². The van der Waals surface area contributed by atoms with Crippen LogP contribution in [0.4, 0.5) is 0 Å². The smallest absolute Gasteiger partial charge is 0.243 e. The van der Waals surface area contributed by atoms with E-state index in [1.807, 2.05) is 4.90 Å². The summed E-state index contributed by atoms with van der Waals surface area (Å²) in [4.78, 5) is 26.5. The van der Waals surface area contributed by atoms with Gasteiger partial charge in [0.1, 0.15) is 6.04 Å². The molecule has 0 spiro atoms. The zero-order valence-corrected chi connectivity index (χ0v) is 16.7. The quantitative estimate of drug-likeness (QED) is 0.739. The Kier molecular flexibility index (Phi) is 6.32. The molecule has 2 saturated heterocycles. The lowest BCUT2D eigenvalue weighted by atomic mass is 10.0. The Labute approximate surface area is 161 Å². The van der Waals surface area contributed by atoms with E-state index >= 15 is 0 Å². The first-order chi connectivity index (χ1) is 12.9. The van der Waals surface area contributed by atoms with Gasteiger partial charge in [-0.2, -0.15) is 4.31 Å². The predicted octanol–water partition coefficient (Wildman–Crippen LogP) is 2.84. The number of hydrogen-bond acceptors (Lipinski definition) is 4. The molecule has 0 bridgehead atoms. The van der Waals surface area contributed by atoms with Crippen molar-refractivity contribution in [1.82, 2.24) is 9.21 Å². The van der Waals surface area contributed by atoms with E-state index in [0.29, 0.717) is 18.5 Å². The van der Waals surface area contributed by atoms with Crippen LogP contribution in [0.15, 0.2) is 29.2 Å². The molecular weight excluding hydrogens is 364 g/mol. The summed E-state index contributed by atoms with van der Waals surface area (Å²) in [6, 6.07) is 5.38. The van der Waals surface area contributed by atoms with E-state index in [2.05, 4.69) is 0 Å². The highest BCUT2D eigenvalue weighted by Gasteiger charge is 2.39. The summed E-state index contributed by atoms with van der Waals surface area (Å²) in [6.07, 6.45) is 6.40. The number of rotatable bonds is 4. The molecule has 1 aromatic rings. The van der Waals surface area contributed by atoms with E-state index in [4.69, 9.17) is 0 Å². The Hall–Kier alpha value is -1.73. The topological polar surface area (TPSA) is 74.8 Å².